The second-order valence-corrected chi connectivity index (χ2v) is 8.44. The Morgan fingerprint density at radius 1 is 1.00 bits per heavy atom. The molecule has 34 heavy (non-hydrogen) atoms. The van der Waals surface area contributed by atoms with Gasteiger partial charge in [0.15, 0.2) is 5.76 Å². The Bertz CT molecular complexity index is 1190. The van der Waals surface area contributed by atoms with Gasteiger partial charge in [-0.05, 0) is 36.4 Å². The summed E-state index contributed by atoms with van der Waals surface area (Å²) >= 11 is 0. The molecule has 0 bridgehead atoms. The SMILES string of the molecule is CC(C)C(=O)N1CCN(c2ccc(NC(=O)c3ccc(-c4cccc([N+](=O)[O-])c4)o3)cc2)CC1. The number of nitrogens with zero attached hydrogens (tertiary/aromatic N) is 3. The number of hydrogen-bond acceptors (Lipinski definition) is 6. The van der Waals surface area contributed by atoms with Crippen LogP contribution < -0.4 is 10.2 Å². The Labute approximate surface area is 197 Å². The van der Waals surface area contributed by atoms with Crippen molar-refractivity contribution < 1.29 is 18.9 Å². The maximum atomic E-state index is 12.6. The minimum Gasteiger partial charge on any atom is -0.451 e. The number of amides is 2. The lowest BCUT2D eigenvalue weighted by Crippen LogP contribution is -2.49. The van der Waals surface area contributed by atoms with Gasteiger partial charge in [-0.2, -0.15) is 0 Å². The van der Waals surface area contributed by atoms with Gasteiger partial charge in [0, 0.05) is 61.2 Å². The molecule has 9 heteroatoms. The fourth-order valence-electron chi connectivity index (χ4n) is 3.89. The van der Waals surface area contributed by atoms with Crippen molar-refractivity contribution in [2.24, 2.45) is 5.92 Å². The number of hydrogen-bond donors (Lipinski definition) is 1. The number of carbonyl (C=O) groups is 2. The van der Waals surface area contributed by atoms with E-state index < -0.39 is 10.8 Å². The molecule has 0 saturated carbocycles. The van der Waals surface area contributed by atoms with E-state index >= 15 is 0 Å². The summed E-state index contributed by atoms with van der Waals surface area (Å²) in [4.78, 5) is 39.4. The molecule has 0 aliphatic carbocycles. The van der Waals surface area contributed by atoms with Crippen molar-refractivity contribution in [1.82, 2.24) is 4.90 Å². The van der Waals surface area contributed by atoms with Crippen LogP contribution in [-0.4, -0.2) is 47.8 Å². The molecule has 3 aromatic rings. The second-order valence-electron chi connectivity index (χ2n) is 8.44. The van der Waals surface area contributed by atoms with E-state index in [1.165, 1.54) is 18.2 Å². The number of carbonyl (C=O) groups excluding carboxylic acids is 2. The summed E-state index contributed by atoms with van der Waals surface area (Å²) < 4.78 is 5.63. The molecule has 1 aliphatic rings. The largest absolute Gasteiger partial charge is 0.451 e. The molecule has 2 heterocycles. The molecule has 1 fully saturated rings. The zero-order chi connectivity index (χ0) is 24.2. The topological polar surface area (TPSA) is 109 Å². The number of nitro groups is 1. The molecule has 0 unspecified atom stereocenters. The smallest absolute Gasteiger partial charge is 0.291 e. The number of anilines is 2. The van der Waals surface area contributed by atoms with Crippen LogP contribution in [0, 0.1) is 16.0 Å². The van der Waals surface area contributed by atoms with E-state index in [9.17, 15) is 19.7 Å². The van der Waals surface area contributed by atoms with E-state index in [1.807, 2.05) is 43.0 Å². The normalized spacial score (nSPS) is 13.7. The third-order valence-electron chi connectivity index (χ3n) is 5.75. The molecule has 0 atom stereocenters. The van der Waals surface area contributed by atoms with Crippen molar-refractivity contribution in [3.8, 4) is 11.3 Å². The van der Waals surface area contributed by atoms with Gasteiger partial charge in [-0.3, -0.25) is 19.7 Å². The first kappa shape index (κ1) is 23.0. The van der Waals surface area contributed by atoms with Gasteiger partial charge in [-0.25, -0.2) is 0 Å². The fraction of sp³-hybridized carbons (Fsp3) is 0.280. The fourth-order valence-corrected chi connectivity index (χ4v) is 3.89. The maximum Gasteiger partial charge on any atom is 0.291 e. The molecule has 1 aromatic heterocycles. The molecule has 4 rings (SSSR count). The molecule has 1 aliphatic heterocycles. The first-order chi connectivity index (χ1) is 16.3. The van der Waals surface area contributed by atoms with E-state index in [-0.39, 0.29) is 23.3 Å². The van der Waals surface area contributed by atoms with Crippen LogP contribution in [0.25, 0.3) is 11.3 Å². The third kappa shape index (κ3) is 5.09. The molecular weight excluding hydrogens is 436 g/mol. The van der Waals surface area contributed by atoms with Crippen molar-refractivity contribution >= 4 is 28.9 Å². The Kier molecular flexibility index (Phi) is 6.62. The van der Waals surface area contributed by atoms with Gasteiger partial charge >= 0.3 is 0 Å². The van der Waals surface area contributed by atoms with Crippen LogP contribution in [0.1, 0.15) is 24.4 Å². The minimum absolute atomic E-state index is 0.00546. The Hall–Kier alpha value is -4.14. The van der Waals surface area contributed by atoms with Gasteiger partial charge in [0.1, 0.15) is 5.76 Å². The monoisotopic (exact) mass is 462 g/mol. The number of non-ortho nitro benzene ring substituents is 1. The Balaban J connectivity index is 1.36. The molecule has 1 N–H and O–H groups in total. The Morgan fingerprint density at radius 2 is 1.71 bits per heavy atom. The zero-order valence-electron chi connectivity index (χ0n) is 19.1. The molecule has 2 amide bonds. The first-order valence-corrected chi connectivity index (χ1v) is 11.1. The number of furan rings is 1. The van der Waals surface area contributed by atoms with Gasteiger partial charge in [-0.1, -0.05) is 26.0 Å². The highest BCUT2D eigenvalue weighted by Gasteiger charge is 2.23. The lowest BCUT2D eigenvalue weighted by atomic mass is 10.1. The van der Waals surface area contributed by atoms with Crippen LogP contribution in [0.15, 0.2) is 65.1 Å². The van der Waals surface area contributed by atoms with Crippen molar-refractivity contribution in [3.63, 3.8) is 0 Å². The van der Waals surface area contributed by atoms with Crippen molar-refractivity contribution in [2.45, 2.75) is 13.8 Å². The number of benzene rings is 2. The van der Waals surface area contributed by atoms with E-state index in [1.54, 1.807) is 18.2 Å². The van der Waals surface area contributed by atoms with Crippen LogP contribution in [0.5, 0.6) is 0 Å². The lowest BCUT2D eigenvalue weighted by molar-refractivity contribution is -0.384. The van der Waals surface area contributed by atoms with Gasteiger partial charge < -0.3 is 19.5 Å². The summed E-state index contributed by atoms with van der Waals surface area (Å²) in [5.41, 5.74) is 2.12. The number of nitro benzene ring substituents is 1. The molecule has 176 valence electrons. The van der Waals surface area contributed by atoms with Gasteiger partial charge in [-0.15, -0.1) is 0 Å². The highest BCUT2D eigenvalue weighted by Crippen LogP contribution is 2.26. The number of piperazine rings is 1. The summed E-state index contributed by atoms with van der Waals surface area (Å²) in [6.45, 7) is 6.74. The quantitative estimate of drug-likeness (QED) is 0.429. The van der Waals surface area contributed by atoms with Crippen LogP contribution in [-0.2, 0) is 4.79 Å². The van der Waals surface area contributed by atoms with E-state index in [4.69, 9.17) is 4.42 Å². The molecular formula is C25H26N4O5. The number of rotatable bonds is 6. The lowest BCUT2D eigenvalue weighted by Gasteiger charge is -2.37. The highest BCUT2D eigenvalue weighted by atomic mass is 16.6. The summed E-state index contributed by atoms with van der Waals surface area (Å²) in [7, 11) is 0. The zero-order valence-corrected chi connectivity index (χ0v) is 19.1. The average molecular weight is 463 g/mol. The standard InChI is InChI=1S/C25H26N4O5/c1-17(2)25(31)28-14-12-27(13-15-28)20-8-6-19(7-9-20)26-24(30)23-11-10-22(34-23)18-4-3-5-21(16-18)29(32)33/h3-11,16-17H,12-15H2,1-2H3,(H,26,30). The molecule has 1 saturated heterocycles. The average Bonchev–Trinajstić information content (AvgIpc) is 3.35. The minimum atomic E-state index is -0.477. The first-order valence-electron chi connectivity index (χ1n) is 11.1. The van der Waals surface area contributed by atoms with Crippen LogP contribution >= 0.6 is 0 Å². The van der Waals surface area contributed by atoms with Crippen LogP contribution in [0.3, 0.4) is 0 Å². The molecule has 2 aromatic carbocycles. The third-order valence-corrected chi connectivity index (χ3v) is 5.75. The molecule has 9 nitrogen and oxygen atoms in total. The van der Waals surface area contributed by atoms with Crippen LogP contribution in [0.2, 0.25) is 0 Å². The second kappa shape index (κ2) is 9.78. The van der Waals surface area contributed by atoms with Gasteiger partial charge in [0.05, 0.1) is 4.92 Å². The van der Waals surface area contributed by atoms with Gasteiger partial charge in [0.25, 0.3) is 11.6 Å². The van der Waals surface area contributed by atoms with Crippen molar-refractivity contribution in [1.29, 1.82) is 0 Å². The van der Waals surface area contributed by atoms with Crippen molar-refractivity contribution in [2.75, 3.05) is 36.4 Å². The predicted octanol–water partition coefficient (Wildman–Crippen LogP) is 4.41. The van der Waals surface area contributed by atoms with E-state index in [0.29, 0.717) is 30.1 Å². The van der Waals surface area contributed by atoms with E-state index in [0.717, 1.165) is 18.8 Å². The van der Waals surface area contributed by atoms with Crippen LogP contribution in [0.4, 0.5) is 17.1 Å². The molecule has 0 spiro atoms. The highest BCUT2D eigenvalue weighted by molar-refractivity contribution is 6.02. The van der Waals surface area contributed by atoms with Gasteiger partial charge in [0.2, 0.25) is 5.91 Å². The predicted molar refractivity (Wildman–Crippen MR) is 129 cm³/mol. The summed E-state index contributed by atoms with van der Waals surface area (Å²) in [6.07, 6.45) is 0. The summed E-state index contributed by atoms with van der Waals surface area (Å²) in [5, 5.41) is 13.8. The Morgan fingerprint density at radius 3 is 2.35 bits per heavy atom. The van der Waals surface area contributed by atoms with Crippen molar-refractivity contribution in [3.05, 3.63) is 76.5 Å². The van der Waals surface area contributed by atoms with E-state index in [2.05, 4.69) is 10.2 Å². The molecule has 0 radical (unpaired) electrons. The number of nitrogens with one attached hydrogen (secondary N) is 1. The summed E-state index contributed by atoms with van der Waals surface area (Å²) in [6, 6.07) is 16.7. The maximum absolute atomic E-state index is 12.6. The summed E-state index contributed by atoms with van der Waals surface area (Å²) in [5.74, 6) is 0.260.